The van der Waals surface area contributed by atoms with Gasteiger partial charge < -0.3 is 5.32 Å². The van der Waals surface area contributed by atoms with Crippen LogP contribution in [0.5, 0.6) is 0 Å². The van der Waals surface area contributed by atoms with E-state index in [0.717, 1.165) is 12.5 Å². The SMILES string of the molecule is CNC1CCN(Cc2cccc(Br)c2)CC1C. The third-order valence-electron chi connectivity index (χ3n) is 3.66. The average molecular weight is 297 g/mol. The van der Waals surface area contributed by atoms with Crippen molar-refractivity contribution in [2.24, 2.45) is 5.92 Å². The Morgan fingerprint density at radius 2 is 2.29 bits per heavy atom. The summed E-state index contributed by atoms with van der Waals surface area (Å²) in [6, 6.07) is 9.31. The Morgan fingerprint density at radius 1 is 1.47 bits per heavy atom. The van der Waals surface area contributed by atoms with Gasteiger partial charge >= 0.3 is 0 Å². The second kappa shape index (κ2) is 5.98. The third kappa shape index (κ3) is 3.54. The summed E-state index contributed by atoms with van der Waals surface area (Å²) >= 11 is 3.53. The van der Waals surface area contributed by atoms with Crippen molar-refractivity contribution in [1.29, 1.82) is 0 Å². The van der Waals surface area contributed by atoms with Crippen LogP contribution < -0.4 is 5.32 Å². The smallest absolute Gasteiger partial charge is 0.0234 e. The number of likely N-dealkylation sites (tertiary alicyclic amines) is 1. The van der Waals surface area contributed by atoms with E-state index < -0.39 is 0 Å². The van der Waals surface area contributed by atoms with Gasteiger partial charge in [0.25, 0.3) is 0 Å². The van der Waals surface area contributed by atoms with E-state index in [9.17, 15) is 0 Å². The minimum Gasteiger partial charge on any atom is -0.317 e. The van der Waals surface area contributed by atoms with Crippen LogP contribution in [0.4, 0.5) is 0 Å². The van der Waals surface area contributed by atoms with Gasteiger partial charge in [0.2, 0.25) is 0 Å². The van der Waals surface area contributed by atoms with Crippen molar-refractivity contribution in [2.45, 2.75) is 25.9 Å². The van der Waals surface area contributed by atoms with E-state index in [-0.39, 0.29) is 0 Å². The van der Waals surface area contributed by atoms with Crippen LogP contribution in [-0.2, 0) is 6.54 Å². The molecule has 1 aliphatic heterocycles. The van der Waals surface area contributed by atoms with E-state index in [4.69, 9.17) is 0 Å². The highest BCUT2D eigenvalue weighted by Crippen LogP contribution is 2.20. The minimum atomic E-state index is 0.689. The average Bonchev–Trinajstić information content (AvgIpc) is 2.29. The Bertz CT molecular complexity index is 367. The Balaban J connectivity index is 1.93. The summed E-state index contributed by atoms with van der Waals surface area (Å²) in [5.41, 5.74) is 1.40. The molecular formula is C14H21BrN2. The standard InChI is InChI=1S/C14H21BrN2/c1-11-9-17(7-6-14(11)16-2)10-12-4-3-5-13(15)8-12/h3-5,8,11,14,16H,6-7,9-10H2,1-2H3. The molecule has 0 amide bonds. The number of hydrogen-bond donors (Lipinski definition) is 1. The van der Waals surface area contributed by atoms with Crippen molar-refractivity contribution < 1.29 is 0 Å². The molecule has 1 aromatic rings. The maximum atomic E-state index is 3.53. The van der Waals surface area contributed by atoms with E-state index in [1.165, 1.54) is 29.5 Å². The molecule has 3 heteroatoms. The first kappa shape index (κ1) is 13.1. The lowest BCUT2D eigenvalue weighted by atomic mass is 9.94. The van der Waals surface area contributed by atoms with Crippen molar-refractivity contribution >= 4 is 15.9 Å². The van der Waals surface area contributed by atoms with Gasteiger partial charge in [0.1, 0.15) is 0 Å². The molecule has 1 aromatic carbocycles. The maximum Gasteiger partial charge on any atom is 0.0234 e. The lowest BCUT2D eigenvalue weighted by molar-refractivity contribution is 0.145. The molecule has 1 N–H and O–H groups in total. The number of rotatable bonds is 3. The summed E-state index contributed by atoms with van der Waals surface area (Å²) in [7, 11) is 2.07. The number of hydrogen-bond acceptors (Lipinski definition) is 2. The summed E-state index contributed by atoms with van der Waals surface area (Å²) in [5.74, 6) is 0.737. The number of piperidine rings is 1. The third-order valence-corrected chi connectivity index (χ3v) is 4.15. The predicted octanol–water partition coefficient (Wildman–Crippen LogP) is 2.88. The fraction of sp³-hybridized carbons (Fsp3) is 0.571. The van der Waals surface area contributed by atoms with Gasteiger partial charge in [-0.1, -0.05) is 35.0 Å². The van der Waals surface area contributed by atoms with E-state index in [1.807, 2.05) is 0 Å². The van der Waals surface area contributed by atoms with Crippen molar-refractivity contribution in [3.63, 3.8) is 0 Å². The molecule has 0 radical (unpaired) electrons. The molecule has 1 aliphatic rings. The molecule has 0 bridgehead atoms. The highest BCUT2D eigenvalue weighted by atomic mass is 79.9. The summed E-state index contributed by atoms with van der Waals surface area (Å²) in [6.07, 6.45) is 1.26. The zero-order valence-electron chi connectivity index (χ0n) is 10.6. The molecule has 94 valence electrons. The molecule has 1 saturated heterocycles. The summed E-state index contributed by atoms with van der Waals surface area (Å²) in [4.78, 5) is 2.56. The monoisotopic (exact) mass is 296 g/mol. The molecule has 0 aromatic heterocycles. The van der Waals surface area contributed by atoms with Crippen molar-refractivity contribution in [3.05, 3.63) is 34.3 Å². The number of benzene rings is 1. The van der Waals surface area contributed by atoms with Crippen LogP contribution >= 0.6 is 15.9 Å². The predicted molar refractivity (Wildman–Crippen MR) is 76.0 cm³/mol. The molecule has 1 heterocycles. The molecule has 2 nitrogen and oxygen atoms in total. The van der Waals surface area contributed by atoms with Gasteiger partial charge in [-0.3, -0.25) is 4.90 Å². The zero-order valence-corrected chi connectivity index (χ0v) is 12.2. The molecule has 17 heavy (non-hydrogen) atoms. The zero-order chi connectivity index (χ0) is 12.3. The number of nitrogens with one attached hydrogen (secondary N) is 1. The van der Waals surface area contributed by atoms with Gasteiger partial charge in [-0.2, -0.15) is 0 Å². The first-order chi connectivity index (χ1) is 8.19. The van der Waals surface area contributed by atoms with Gasteiger partial charge in [0, 0.05) is 23.6 Å². The maximum absolute atomic E-state index is 3.53. The number of halogens is 1. The molecule has 1 fully saturated rings. The first-order valence-corrected chi connectivity index (χ1v) is 7.12. The summed E-state index contributed by atoms with van der Waals surface area (Å²) in [6.45, 7) is 5.80. The Labute approximate surface area is 113 Å². The van der Waals surface area contributed by atoms with Crippen LogP contribution in [0.2, 0.25) is 0 Å². The van der Waals surface area contributed by atoms with Gasteiger partial charge in [0.15, 0.2) is 0 Å². The van der Waals surface area contributed by atoms with E-state index in [0.29, 0.717) is 6.04 Å². The minimum absolute atomic E-state index is 0.689. The molecule has 2 rings (SSSR count). The fourth-order valence-electron chi connectivity index (χ4n) is 2.70. The van der Waals surface area contributed by atoms with Gasteiger partial charge in [-0.15, -0.1) is 0 Å². The Morgan fingerprint density at radius 3 is 2.94 bits per heavy atom. The largest absolute Gasteiger partial charge is 0.317 e. The summed E-state index contributed by atoms with van der Waals surface area (Å²) < 4.78 is 1.17. The van der Waals surface area contributed by atoms with Crippen LogP contribution in [-0.4, -0.2) is 31.1 Å². The molecule has 0 spiro atoms. The topological polar surface area (TPSA) is 15.3 Å². The van der Waals surface area contributed by atoms with Crippen LogP contribution in [0.25, 0.3) is 0 Å². The highest BCUT2D eigenvalue weighted by Gasteiger charge is 2.24. The van der Waals surface area contributed by atoms with Crippen LogP contribution in [0.1, 0.15) is 18.9 Å². The van der Waals surface area contributed by atoms with Crippen molar-refractivity contribution in [3.8, 4) is 0 Å². The molecule has 2 atom stereocenters. The highest BCUT2D eigenvalue weighted by molar-refractivity contribution is 9.10. The van der Waals surface area contributed by atoms with Crippen LogP contribution in [0, 0.1) is 5.92 Å². The van der Waals surface area contributed by atoms with Crippen LogP contribution in [0.15, 0.2) is 28.7 Å². The molecule has 0 saturated carbocycles. The van der Waals surface area contributed by atoms with Crippen molar-refractivity contribution in [1.82, 2.24) is 10.2 Å². The second-order valence-electron chi connectivity index (χ2n) is 5.03. The lowest BCUT2D eigenvalue weighted by Crippen LogP contribution is -2.46. The normalized spacial score (nSPS) is 26.1. The van der Waals surface area contributed by atoms with Crippen LogP contribution in [0.3, 0.4) is 0 Å². The first-order valence-electron chi connectivity index (χ1n) is 6.33. The van der Waals surface area contributed by atoms with E-state index >= 15 is 0 Å². The lowest BCUT2D eigenvalue weighted by Gasteiger charge is -2.36. The van der Waals surface area contributed by atoms with Gasteiger partial charge in [0.05, 0.1) is 0 Å². The second-order valence-corrected chi connectivity index (χ2v) is 5.94. The molecule has 0 aliphatic carbocycles. The summed E-state index contributed by atoms with van der Waals surface area (Å²) in [5, 5.41) is 3.41. The molecular weight excluding hydrogens is 276 g/mol. The van der Waals surface area contributed by atoms with E-state index in [1.54, 1.807) is 0 Å². The number of nitrogens with zero attached hydrogens (tertiary/aromatic N) is 1. The van der Waals surface area contributed by atoms with E-state index in [2.05, 4.69) is 64.4 Å². The Kier molecular flexibility index (Phi) is 4.60. The van der Waals surface area contributed by atoms with Gasteiger partial charge in [-0.25, -0.2) is 0 Å². The van der Waals surface area contributed by atoms with Crippen molar-refractivity contribution in [2.75, 3.05) is 20.1 Å². The quantitative estimate of drug-likeness (QED) is 0.923. The molecule has 2 unspecified atom stereocenters. The Hall–Kier alpha value is -0.380. The fourth-order valence-corrected chi connectivity index (χ4v) is 3.14. The van der Waals surface area contributed by atoms with Gasteiger partial charge in [-0.05, 0) is 43.6 Å².